The fraction of sp³-hybridized carbons (Fsp3) is 0.417. The number of nitrogens with one attached hydrogen (secondary N) is 2. The summed E-state index contributed by atoms with van der Waals surface area (Å²) >= 11 is 0. The van der Waals surface area contributed by atoms with Gasteiger partial charge >= 0.3 is 0 Å². The number of aromatic nitrogens is 2. The molecule has 4 nitrogen and oxygen atoms in total. The van der Waals surface area contributed by atoms with E-state index in [1.165, 1.54) is 0 Å². The third-order valence-electron chi connectivity index (χ3n) is 3.35. The minimum Gasteiger partial charge on any atom is -0.508 e. The minimum atomic E-state index is 0.278. The van der Waals surface area contributed by atoms with Crippen molar-refractivity contribution in [3.05, 3.63) is 24.0 Å². The number of aromatic hydroxyl groups is 1. The molecule has 0 bridgehead atoms. The van der Waals surface area contributed by atoms with Crippen LogP contribution in [0, 0.1) is 5.92 Å². The van der Waals surface area contributed by atoms with Crippen LogP contribution in [0.3, 0.4) is 0 Å². The first-order chi connectivity index (χ1) is 7.74. The molecular weight excluding hydrogens is 202 g/mol. The van der Waals surface area contributed by atoms with Crippen LogP contribution in [0.25, 0.3) is 11.0 Å². The maximum Gasteiger partial charge on any atom is 0.117 e. The van der Waals surface area contributed by atoms with Crippen LogP contribution in [0.2, 0.25) is 0 Å². The van der Waals surface area contributed by atoms with Gasteiger partial charge in [0.05, 0.1) is 11.0 Å². The van der Waals surface area contributed by atoms with Crippen molar-refractivity contribution in [1.29, 1.82) is 0 Å². The first-order valence-electron chi connectivity index (χ1n) is 5.63. The summed E-state index contributed by atoms with van der Waals surface area (Å²) in [6, 6.07) is 5.24. The number of hydrogen-bond acceptors (Lipinski definition) is 3. The van der Waals surface area contributed by atoms with Crippen molar-refractivity contribution in [2.24, 2.45) is 5.92 Å². The zero-order valence-electron chi connectivity index (χ0n) is 9.20. The van der Waals surface area contributed by atoms with Gasteiger partial charge in [0.15, 0.2) is 0 Å². The lowest BCUT2D eigenvalue weighted by Gasteiger charge is -2.09. The highest BCUT2D eigenvalue weighted by Gasteiger charge is 2.27. The second kappa shape index (κ2) is 3.49. The van der Waals surface area contributed by atoms with Crippen molar-refractivity contribution in [2.45, 2.75) is 12.8 Å². The Labute approximate surface area is 93.7 Å². The number of fused-ring (bicyclic) bond motifs is 1. The molecule has 0 radical (unpaired) electrons. The topological polar surface area (TPSA) is 60.9 Å². The first-order valence-corrected chi connectivity index (χ1v) is 5.63. The fourth-order valence-electron chi connectivity index (χ4n) is 2.37. The number of nitrogens with zero attached hydrogens (tertiary/aromatic N) is 1. The minimum absolute atomic E-state index is 0.278. The van der Waals surface area contributed by atoms with Crippen LogP contribution >= 0.6 is 0 Å². The van der Waals surface area contributed by atoms with Crippen LogP contribution < -0.4 is 5.32 Å². The number of phenols is 1. The molecule has 0 amide bonds. The van der Waals surface area contributed by atoms with Gasteiger partial charge in [0.2, 0.25) is 0 Å². The molecule has 0 aliphatic carbocycles. The molecule has 0 unspecified atom stereocenters. The van der Waals surface area contributed by atoms with E-state index in [9.17, 15) is 5.11 Å². The van der Waals surface area contributed by atoms with Gasteiger partial charge in [-0.2, -0.15) is 0 Å². The molecule has 4 heteroatoms. The Hall–Kier alpha value is -1.55. The summed E-state index contributed by atoms with van der Waals surface area (Å²) in [5.74, 6) is 2.36. The molecule has 2 atom stereocenters. The smallest absolute Gasteiger partial charge is 0.117 e. The average molecular weight is 217 g/mol. The number of imidazole rings is 1. The molecule has 0 spiro atoms. The molecule has 3 rings (SSSR count). The summed E-state index contributed by atoms with van der Waals surface area (Å²) in [6.07, 6.45) is 0. The van der Waals surface area contributed by atoms with Crippen LogP contribution in [0.15, 0.2) is 18.2 Å². The Balaban J connectivity index is 2.04. The molecule has 16 heavy (non-hydrogen) atoms. The van der Waals surface area contributed by atoms with E-state index < -0.39 is 0 Å². The van der Waals surface area contributed by atoms with Crippen molar-refractivity contribution in [3.63, 3.8) is 0 Å². The van der Waals surface area contributed by atoms with Crippen molar-refractivity contribution >= 4 is 11.0 Å². The predicted molar refractivity (Wildman–Crippen MR) is 62.5 cm³/mol. The molecule has 1 aromatic heterocycles. The Bertz CT molecular complexity index is 520. The number of rotatable bonds is 1. The third kappa shape index (κ3) is 1.46. The molecular formula is C12H15N3O. The van der Waals surface area contributed by atoms with E-state index in [0.29, 0.717) is 11.8 Å². The van der Waals surface area contributed by atoms with E-state index in [1.54, 1.807) is 12.1 Å². The second-order valence-electron chi connectivity index (χ2n) is 4.57. The van der Waals surface area contributed by atoms with Gasteiger partial charge in [-0.25, -0.2) is 4.98 Å². The lowest BCUT2D eigenvalue weighted by Crippen LogP contribution is -2.09. The molecule has 1 aliphatic heterocycles. The van der Waals surface area contributed by atoms with Crippen molar-refractivity contribution < 1.29 is 5.11 Å². The van der Waals surface area contributed by atoms with Crippen LogP contribution in [-0.4, -0.2) is 28.2 Å². The molecule has 1 aromatic carbocycles. The van der Waals surface area contributed by atoms with Crippen molar-refractivity contribution in [2.75, 3.05) is 13.1 Å². The van der Waals surface area contributed by atoms with Crippen LogP contribution in [0.4, 0.5) is 0 Å². The predicted octanol–water partition coefficient (Wildman–Crippen LogP) is 1.59. The van der Waals surface area contributed by atoms with E-state index in [0.717, 1.165) is 29.9 Å². The lowest BCUT2D eigenvalue weighted by atomic mass is 9.98. The highest BCUT2D eigenvalue weighted by Crippen LogP contribution is 2.28. The highest BCUT2D eigenvalue weighted by atomic mass is 16.3. The maximum atomic E-state index is 9.40. The van der Waals surface area contributed by atoms with Gasteiger partial charge in [-0.15, -0.1) is 0 Å². The molecule has 84 valence electrons. The summed E-state index contributed by atoms with van der Waals surface area (Å²) in [6.45, 7) is 4.26. The Kier molecular flexibility index (Phi) is 2.11. The number of aromatic amines is 1. The van der Waals surface area contributed by atoms with Crippen LogP contribution in [0.5, 0.6) is 5.75 Å². The third-order valence-corrected chi connectivity index (χ3v) is 3.35. The summed E-state index contributed by atoms with van der Waals surface area (Å²) in [7, 11) is 0. The van der Waals surface area contributed by atoms with Crippen molar-refractivity contribution in [3.8, 4) is 5.75 Å². The summed E-state index contributed by atoms with van der Waals surface area (Å²) in [5, 5.41) is 12.8. The SMILES string of the molecule is C[C@@H]1CNC[C@H]1c1nc2ccc(O)cc2[nH]1. The van der Waals surface area contributed by atoms with Gasteiger partial charge in [-0.3, -0.25) is 0 Å². The summed E-state index contributed by atoms with van der Waals surface area (Å²) in [4.78, 5) is 7.88. The Morgan fingerprint density at radius 3 is 3.00 bits per heavy atom. The van der Waals surface area contributed by atoms with E-state index in [-0.39, 0.29) is 5.75 Å². The molecule has 1 saturated heterocycles. The standard InChI is InChI=1S/C12H15N3O/c1-7-5-13-6-9(7)12-14-10-3-2-8(16)4-11(10)15-12/h2-4,7,9,13,16H,5-6H2,1H3,(H,14,15)/t7-,9-/m1/s1. The second-order valence-corrected chi connectivity index (χ2v) is 4.57. The molecule has 1 fully saturated rings. The van der Waals surface area contributed by atoms with E-state index >= 15 is 0 Å². The van der Waals surface area contributed by atoms with Gasteiger partial charge in [-0.1, -0.05) is 6.92 Å². The average Bonchev–Trinajstić information content (AvgIpc) is 2.82. The molecule has 1 aliphatic rings. The number of phenolic OH excluding ortho intramolecular Hbond substituents is 1. The summed E-state index contributed by atoms with van der Waals surface area (Å²) in [5.41, 5.74) is 1.83. The molecule has 3 N–H and O–H groups in total. The van der Waals surface area contributed by atoms with Gasteiger partial charge in [0, 0.05) is 18.5 Å². The largest absolute Gasteiger partial charge is 0.508 e. The van der Waals surface area contributed by atoms with E-state index in [1.807, 2.05) is 6.07 Å². The van der Waals surface area contributed by atoms with Gasteiger partial charge in [-0.05, 0) is 24.6 Å². The monoisotopic (exact) mass is 217 g/mol. The number of hydrogen-bond donors (Lipinski definition) is 3. The van der Waals surface area contributed by atoms with Crippen LogP contribution in [0.1, 0.15) is 18.7 Å². The molecule has 2 heterocycles. The number of benzene rings is 1. The Morgan fingerprint density at radius 1 is 1.38 bits per heavy atom. The molecule has 2 aromatic rings. The maximum absolute atomic E-state index is 9.40. The first kappa shape index (κ1) is 9.66. The zero-order chi connectivity index (χ0) is 11.1. The van der Waals surface area contributed by atoms with Gasteiger partial charge in [0.1, 0.15) is 11.6 Å². The highest BCUT2D eigenvalue weighted by molar-refractivity contribution is 5.76. The summed E-state index contributed by atoms with van der Waals surface area (Å²) < 4.78 is 0. The van der Waals surface area contributed by atoms with E-state index in [2.05, 4.69) is 22.2 Å². The number of H-pyrrole nitrogens is 1. The zero-order valence-corrected chi connectivity index (χ0v) is 9.20. The molecule has 0 saturated carbocycles. The van der Waals surface area contributed by atoms with Crippen molar-refractivity contribution in [1.82, 2.24) is 15.3 Å². The lowest BCUT2D eigenvalue weighted by molar-refractivity contribution is 0.476. The van der Waals surface area contributed by atoms with Crippen LogP contribution in [-0.2, 0) is 0 Å². The fourth-order valence-corrected chi connectivity index (χ4v) is 2.37. The Morgan fingerprint density at radius 2 is 2.25 bits per heavy atom. The quantitative estimate of drug-likeness (QED) is 0.679. The van der Waals surface area contributed by atoms with Gasteiger partial charge < -0.3 is 15.4 Å². The van der Waals surface area contributed by atoms with Gasteiger partial charge in [0.25, 0.3) is 0 Å². The van der Waals surface area contributed by atoms with E-state index in [4.69, 9.17) is 0 Å². The normalized spacial score (nSPS) is 25.3.